The van der Waals surface area contributed by atoms with E-state index in [1.54, 1.807) is 0 Å². The third kappa shape index (κ3) is 7.91. The molecule has 3 aromatic heterocycles. The summed E-state index contributed by atoms with van der Waals surface area (Å²) >= 11 is -2.63. The van der Waals surface area contributed by atoms with E-state index >= 15 is 0 Å². The van der Waals surface area contributed by atoms with Gasteiger partial charge in [-0.15, -0.1) is 0 Å². The zero-order chi connectivity index (χ0) is 35.0. The van der Waals surface area contributed by atoms with Crippen LogP contribution in [0.2, 0.25) is 13.3 Å². The van der Waals surface area contributed by atoms with Gasteiger partial charge in [0.05, 0.1) is 0 Å². The topological polar surface area (TPSA) is 57.4 Å². The summed E-state index contributed by atoms with van der Waals surface area (Å²) in [6.07, 6.45) is 19.0. The Labute approximate surface area is 307 Å². The summed E-state index contributed by atoms with van der Waals surface area (Å²) in [5.74, 6) is 0. The van der Waals surface area contributed by atoms with Gasteiger partial charge < -0.3 is 0 Å². The van der Waals surface area contributed by atoms with Gasteiger partial charge in [0.25, 0.3) is 0 Å². The number of benzene rings is 2. The molecule has 2 aliphatic heterocycles. The molecular formula is C46H50N4Sn. The summed E-state index contributed by atoms with van der Waals surface area (Å²) in [5, 5.41) is 0. The van der Waals surface area contributed by atoms with Crippen molar-refractivity contribution in [1.82, 2.24) is 19.9 Å². The van der Waals surface area contributed by atoms with Gasteiger partial charge >= 0.3 is 309 Å². The van der Waals surface area contributed by atoms with E-state index in [1.807, 2.05) is 0 Å². The van der Waals surface area contributed by atoms with E-state index in [0.29, 0.717) is 0 Å². The minimum atomic E-state index is -2.63. The molecule has 0 fully saturated rings. The van der Waals surface area contributed by atoms with Crippen molar-refractivity contribution in [1.29, 1.82) is 0 Å². The van der Waals surface area contributed by atoms with Crippen molar-refractivity contribution in [3.05, 3.63) is 123 Å². The van der Waals surface area contributed by atoms with Crippen molar-refractivity contribution in [2.75, 3.05) is 0 Å². The van der Waals surface area contributed by atoms with E-state index in [-0.39, 0.29) is 0 Å². The number of aromatic amines is 2. The van der Waals surface area contributed by atoms with Gasteiger partial charge in [0.15, 0.2) is 0 Å². The van der Waals surface area contributed by atoms with E-state index in [9.17, 15) is 0 Å². The molecule has 0 amide bonds. The van der Waals surface area contributed by atoms with Crippen LogP contribution < -0.4 is 0 Å². The quantitative estimate of drug-likeness (QED) is 0.115. The number of hydrogen-bond donors (Lipinski definition) is 2. The molecule has 0 atom stereocenters. The monoisotopic (exact) mass is 778 g/mol. The summed E-state index contributed by atoms with van der Waals surface area (Å²) in [4.78, 5) is 18.2. The van der Waals surface area contributed by atoms with Gasteiger partial charge in [-0.25, -0.2) is 0 Å². The normalized spacial score (nSPS) is 12.7. The average molecular weight is 778 g/mol. The summed E-state index contributed by atoms with van der Waals surface area (Å²) < 4.78 is 7.07. The second kappa shape index (κ2) is 16.3. The van der Waals surface area contributed by atoms with Gasteiger partial charge in [-0.2, -0.15) is 0 Å². The molecule has 2 N–H and O–H groups in total. The molecule has 2 aromatic carbocycles. The predicted molar refractivity (Wildman–Crippen MR) is 224 cm³/mol. The maximum absolute atomic E-state index is 5.45. The van der Waals surface area contributed by atoms with E-state index in [0.717, 1.165) is 67.1 Å². The average Bonchev–Trinajstić information content (AvgIpc) is 4.00. The predicted octanol–water partition coefficient (Wildman–Crippen LogP) is 13.4. The Morgan fingerprint density at radius 1 is 0.549 bits per heavy atom. The summed E-state index contributed by atoms with van der Waals surface area (Å²) in [6.45, 7) is 7.05. The number of H-pyrrole nitrogens is 2. The number of unbranched alkanes of at least 4 members (excludes halogenated alkanes) is 3. The Bertz CT molecular complexity index is 2160. The fourth-order valence-electron chi connectivity index (χ4n) is 7.63. The van der Waals surface area contributed by atoms with Gasteiger partial charge in [-0.05, 0) is 0 Å². The first-order valence-corrected chi connectivity index (χ1v) is 26.7. The third-order valence-electron chi connectivity index (χ3n) is 10.4. The van der Waals surface area contributed by atoms with Crippen LogP contribution >= 0.6 is 0 Å². The van der Waals surface area contributed by atoms with E-state index in [4.69, 9.17) is 9.97 Å². The number of rotatable bonds is 13. The fourth-order valence-corrected chi connectivity index (χ4v) is 21.7. The van der Waals surface area contributed by atoms with Gasteiger partial charge in [-0.1, -0.05) is 0 Å². The molecule has 0 unspecified atom stereocenters. The molecule has 5 heterocycles. The minimum absolute atomic E-state index is 0.922. The summed E-state index contributed by atoms with van der Waals surface area (Å²) in [7, 11) is 0. The van der Waals surface area contributed by atoms with Crippen molar-refractivity contribution in [3.63, 3.8) is 0 Å². The molecule has 0 radical (unpaired) electrons. The molecule has 0 saturated heterocycles. The number of fused-ring (bicyclic) bond motifs is 8. The first kappa shape index (κ1) is 35.0. The van der Waals surface area contributed by atoms with Crippen LogP contribution in [0.25, 0.3) is 74.7 Å². The first-order valence-electron chi connectivity index (χ1n) is 19.0. The molecule has 0 saturated carbocycles. The van der Waals surface area contributed by atoms with Crippen LogP contribution in [0.3, 0.4) is 0 Å². The first-order chi connectivity index (χ1) is 25.1. The zero-order valence-electron chi connectivity index (χ0n) is 30.4. The van der Waals surface area contributed by atoms with Crippen LogP contribution in [0.4, 0.5) is 0 Å². The van der Waals surface area contributed by atoms with E-state index in [1.165, 1.54) is 57.4 Å². The van der Waals surface area contributed by atoms with E-state index in [2.05, 4.69) is 156 Å². The summed E-state index contributed by atoms with van der Waals surface area (Å²) in [5.41, 5.74) is 13.7. The molecule has 5 aromatic rings. The van der Waals surface area contributed by atoms with Crippen LogP contribution in [-0.2, 0) is 0 Å². The molecule has 2 aliphatic rings. The van der Waals surface area contributed by atoms with E-state index < -0.39 is 18.4 Å². The molecule has 8 bridgehead atoms. The molecule has 0 aliphatic carbocycles. The SMILES string of the molecule is CCC[CH2][Sn](/[CH]=C/c1c2nc(c(-c3ccccc3)c3ccc(cc4nc(c(-c5ccccc5)c5ccc1[nH]5)C=C4)[nH]3)C=C2)([CH2]CCC)[CH2]CCC. The van der Waals surface area contributed by atoms with Crippen molar-refractivity contribution in [2.45, 2.75) is 72.6 Å². The second-order valence-electron chi connectivity index (χ2n) is 14.1. The van der Waals surface area contributed by atoms with Crippen LogP contribution in [0, 0.1) is 0 Å². The Morgan fingerprint density at radius 3 is 1.71 bits per heavy atom. The molecule has 0 spiro atoms. The van der Waals surface area contributed by atoms with Crippen molar-refractivity contribution < 1.29 is 0 Å². The van der Waals surface area contributed by atoms with Crippen molar-refractivity contribution >= 4 is 70.8 Å². The number of nitrogens with one attached hydrogen (secondary N) is 2. The molecule has 5 heteroatoms. The van der Waals surface area contributed by atoms with Gasteiger partial charge in [-0.3, -0.25) is 0 Å². The van der Waals surface area contributed by atoms with Crippen LogP contribution in [0.5, 0.6) is 0 Å². The molecule has 7 rings (SSSR count). The molecule has 258 valence electrons. The van der Waals surface area contributed by atoms with Crippen LogP contribution in [-0.4, -0.2) is 38.3 Å². The maximum atomic E-state index is 5.45. The van der Waals surface area contributed by atoms with Crippen molar-refractivity contribution in [3.8, 4) is 22.3 Å². The van der Waals surface area contributed by atoms with Crippen molar-refractivity contribution in [2.24, 2.45) is 0 Å². The number of nitrogens with zero attached hydrogens (tertiary/aromatic N) is 2. The zero-order valence-corrected chi connectivity index (χ0v) is 33.2. The Kier molecular flexibility index (Phi) is 11.2. The Hall–Kier alpha value is -4.42. The molecular weight excluding hydrogens is 727 g/mol. The van der Waals surface area contributed by atoms with Crippen LogP contribution in [0.15, 0.2) is 95.1 Å². The van der Waals surface area contributed by atoms with Gasteiger partial charge in [0.2, 0.25) is 0 Å². The fraction of sp³-hybridized carbons (Fsp3) is 0.261. The summed E-state index contributed by atoms with van der Waals surface area (Å²) in [6, 6.07) is 32.2. The number of hydrogen-bond acceptors (Lipinski definition) is 2. The van der Waals surface area contributed by atoms with Crippen LogP contribution in [0.1, 0.15) is 87.6 Å². The van der Waals surface area contributed by atoms with Gasteiger partial charge in [0, 0.05) is 0 Å². The standard InChI is InChI=1S/C34H23N4.3C4H9.Sn/c1-2-26-27-17-19-31(37-27)33(22-9-5-3-6-10-22)29-15-13-24(35-29)21-25-14-16-30(36-25)34(23-11-7-4-8-12-23)32-20-18-28(26)38-32;3*1-3-4-2;/h1-21,35,38H;3*1,3-4H2,2H3;. The Balaban J connectivity index is 1.55. The molecule has 4 nitrogen and oxygen atoms in total. The van der Waals surface area contributed by atoms with Gasteiger partial charge in [0.1, 0.15) is 0 Å². The second-order valence-corrected chi connectivity index (χ2v) is 27.1. The third-order valence-corrected chi connectivity index (χ3v) is 24.5. The Morgan fingerprint density at radius 2 is 1.08 bits per heavy atom. The number of aromatic nitrogens is 4. The molecule has 51 heavy (non-hydrogen) atoms.